The average molecular weight is 444 g/mol. The molecule has 2 unspecified atom stereocenters. The van der Waals surface area contributed by atoms with Crippen LogP contribution in [0, 0.1) is 11.8 Å². The Balaban J connectivity index is 1.05. The first kappa shape index (κ1) is 19.0. The summed E-state index contributed by atoms with van der Waals surface area (Å²) in [6, 6.07) is 7.03. The lowest BCUT2D eigenvalue weighted by molar-refractivity contribution is 0.363. The lowest BCUT2D eigenvalue weighted by Gasteiger charge is -2.24. The van der Waals surface area contributed by atoms with E-state index in [1.165, 1.54) is 53.4 Å². The van der Waals surface area contributed by atoms with Gasteiger partial charge in [0.15, 0.2) is 17.0 Å². The minimum atomic E-state index is -0.163. The Labute approximate surface area is 190 Å². The van der Waals surface area contributed by atoms with Gasteiger partial charge in [-0.05, 0) is 60.8 Å². The zero-order valence-corrected chi connectivity index (χ0v) is 18.5. The Kier molecular flexibility index (Phi) is 4.04. The van der Waals surface area contributed by atoms with Gasteiger partial charge in [0.1, 0.15) is 12.9 Å². The Morgan fingerprint density at radius 3 is 2.70 bits per heavy atom. The molecule has 1 saturated carbocycles. The summed E-state index contributed by atoms with van der Waals surface area (Å²) in [5, 5.41) is 4.25. The molecule has 0 amide bonds. The zero-order valence-electron chi connectivity index (χ0n) is 18.5. The van der Waals surface area contributed by atoms with Crippen LogP contribution in [0.25, 0.3) is 11.2 Å². The fraction of sp³-hybridized carbons (Fsp3) is 0.458. The van der Waals surface area contributed by atoms with E-state index in [1.807, 2.05) is 0 Å². The third kappa shape index (κ3) is 3.02. The number of hydrogen-bond acceptors (Lipinski definition) is 7. The summed E-state index contributed by atoms with van der Waals surface area (Å²) in [6.07, 6.45) is 8.14. The predicted octanol–water partition coefficient (Wildman–Crippen LogP) is 2.29. The number of aryl methyl sites for hydroxylation is 3. The van der Waals surface area contributed by atoms with Crippen molar-refractivity contribution < 1.29 is 4.52 Å². The summed E-state index contributed by atoms with van der Waals surface area (Å²) in [6.45, 7) is 2.29. The highest BCUT2D eigenvalue weighted by Crippen LogP contribution is 2.58. The van der Waals surface area contributed by atoms with E-state index in [2.05, 4.69) is 43.2 Å². The van der Waals surface area contributed by atoms with Crippen LogP contribution in [0.5, 0.6) is 0 Å². The molecule has 9 heteroatoms. The largest absolute Gasteiger partial charge is 0.371 e. The van der Waals surface area contributed by atoms with E-state index in [9.17, 15) is 4.79 Å². The molecular formula is C24H25N7O2. The highest BCUT2D eigenvalue weighted by atomic mass is 16.5. The van der Waals surface area contributed by atoms with E-state index >= 15 is 0 Å². The van der Waals surface area contributed by atoms with Gasteiger partial charge in [0.25, 0.3) is 5.56 Å². The molecule has 2 fully saturated rings. The molecule has 0 radical (unpaired) electrons. The Hall–Kier alpha value is -3.49. The van der Waals surface area contributed by atoms with Gasteiger partial charge in [-0.1, -0.05) is 11.2 Å². The number of anilines is 1. The fourth-order valence-electron chi connectivity index (χ4n) is 5.83. The minimum absolute atomic E-state index is 0.163. The molecule has 4 heterocycles. The molecule has 2 atom stereocenters. The maximum absolute atomic E-state index is 12.8. The van der Waals surface area contributed by atoms with Gasteiger partial charge in [0.2, 0.25) is 5.89 Å². The first-order valence-corrected chi connectivity index (χ1v) is 11.7. The van der Waals surface area contributed by atoms with Crippen molar-refractivity contribution in [2.24, 2.45) is 18.9 Å². The second kappa shape index (κ2) is 7.00. The van der Waals surface area contributed by atoms with Gasteiger partial charge in [-0.15, -0.1) is 0 Å². The van der Waals surface area contributed by atoms with E-state index in [-0.39, 0.29) is 12.1 Å². The molecule has 3 aromatic heterocycles. The molecular weight excluding hydrogens is 418 g/mol. The Morgan fingerprint density at radius 1 is 1.06 bits per heavy atom. The monoisotopic (exact) mass is 443 g/mol. The number of nitrogens with zero attached hydrogens (tertiary/aromatic N) is 7. The summed E-state index contributed by atoms with van der Waals surface area (Å²) in [5.41, 5.74) is 5.17. The molecule has 33 heavy (non-hydrogen) atoms. The molecule has 1 aliphatic heterocycles. The summed E-state index contributed by atoms with van der Waals surface area (Å²) in [7, 11) is 1.78. The van der Waals surface area contributed by atoms with Crippen molar-refractivity contribution in [1.29, 1.82) is 0 Å². The van der Waals surface area contributed by atoms with Gasteiger partial charge < -0.3 is 14.0 Å². The molecule has 7 rings (SSSR count). The Bertz CT molecular complexity index is 1420. The SMILES string of the molecule is Cn1cnc2ncn(Cc3nc(C4C5CN(c6ccc7c(c6)CCCC7)CC54)no3)c(=O)c21. The molecule has 4 aromatic rings. The van der Waals surface area contributed by atoms with Crippen molar-refractivity contribution in [3.8, 4) is 0 Å². The number of piperidine rings is 1. The standard InChI is InChI=1S/C24H25N7O2/c1-29-12-25-23-21(29)24(32)31(13-26-23)11-19-27-22(28-33-19)20-17-9-30(10-18(17)20)16-7-6-14-4-2-3-5-15(14)8-16/h6-8,12-13,17-18,20H,2-5,9-11H2,1H3. The Morgan fingerprint density at radius 2 is 1.85 bits per heavy atom. The van der Waals surface area contributed by atoms with E-state index in [0.29, 0.717) is 34.8 Å². The molecule has 0 bridgehead atoms. The number of benzene rings is 1. The first-order valence-electron chi connectivity index (χ1n) is 11.7. The smallest absolute Gasteiger partial charge is 0.280 e. The van der Waals surface area contributed by atoms with Crippen molar-refractivity contribution in [2.75, 3.05) is 18.0 Å². The van der Waals surface area contributed by atoms with Gasteiger partial charge in [0.05, 0.1) is 6.33 Å². The summed E-state index contributed by atoms with van der Waals surface area (Å²) >= 11 is 0. The summed E-state index contributed by atoms with van der Waals surface area (Å²) < 4.78 is 8.68. The molecule has 1 aromatic carbocycles. The van der Waals surface area contributed by atoms with Crippen LogP contribution in [-0.2, 0) is 26.4 Å². The zero-order chi connectivity index (χ0) is 22.1. The van der Waals surface area contributed by atoms with Gasteiger partial charge in [-0.2, -0.15) is 4.98 Å². The average Bonchev–Trinajstić information content (AvgIpc) is 3.24. The van der Waals surface area contributed by atoms with Crippen LogP contribution >= 0.6 is 0 Å². The molecule has 2 aliphatic carbocycles. The fourth-order valence-corrected chi connectivity index (χ4v) is 5.83. The maximum Gasteiger partial charge on any atom is 0.280 e. The van der Waals surface area contributed by atoms with Crippen LogP contribution in [0.1, 0.15) is 41.6 Å². The molecule has 9 nitrogen and oxygen atoms in total. The van der Waals surface area contributed by atoms with Gasteiger partial charge in [-0.25, -0.2) is 9.97 Å². The highest BCUT2D eigenvalue weighted by Gasteiger charge is 2.58. The number of imidazole rings is 1. The number of aromatic nitrogens is 6. The third-order valence-corrected chi connectivity index (χ3v) is 7.68. The second-order valence-corrected chi connectivity index (χ2v) is 9.67. The number of hydrogen-bond donors (Lipinski definition) is 0. The molecule has 0 N–H and O–H groups in total. The maximum atomic E-state index is 12.8. The van der Waals surface area contributed by atoms with E-state index in [4.69, 9.17) is 4.52 Å². The summed E-state index contributed by atoms with van der Waals surface area (Å²) in [5.74, 6) is 2.70. The summed E-state index contributed by atoms with van der Waals surface area (Å²) in [4.78, 5) is 28.3. The van der Waals surface area contributed by atoms with Crippen molar-refractivity contribution in [2.45, 2.75) is 38.1 Å². The second-order valence-electron chi connectivity index (χ2n) is 9.67. The van der Waals surface area contributed by atoms with Crippen LogP contribution in [-0.4, -0.2) is 42.3 Å². The number of fused-ring (bicyclic) bond motifs is 3. The molecule has 1 saturated heterocycles. The van der Waals surface area contributed by atoms with E-state index in [1.54, 1.807) is 17.9 Å². The van der Waals surface area contributed by atoms with Crippen LogP contribution < -0.4 is 10.5 Å². The molecule has 168 valence electrons. The van der Waals surface area contributed by atoms with Crippen molar-refractivity contribution >= 4 is 16.9 Å². The van der Waals surface area contributed by atoms with Crippen LogP contribution in [0.3, 0.4) is 0 Å². The lowest BCUT2D eigenvalue weighted by Crippen LogP contribution is -2.24. The van der Waals surface area contributed by atoms with Crippen LogP contribution in [0.15, 0.2) is 40.2 Å². The predicted molar refractivity (Wildman–Crippen MR) is 121 cm³/mol. The first-order chi connectivity index (χ1) is 16.2. The highest BCUT2D eigenvalue weighted by molar-refractivity contribution is 5.68. The normalized spacial score (nSPS) is 23.7. The molecule has 0 spiro atoms. The van der Waals surface area contributed by atoms with Crippen molar-refractivity contribution in [1.82, 2.24) is 29.2 Å². The van der Waals surface area contributed by atoms with E-state index < -0.39 is 0 Å². The number of rotatable bonds is 4. The van der Waals surface area contributed by atoms with Crippen LogP contribution in [0.4, 0.5) is 5.69 Å². The van der Waals surface area contributed by atoms with Crippen molar-refractivity contribution in [3.05, 3.63) is 64.0 Å². The minimum Gasteiger partial charge on any atom is -0.371 e. The van der Waals surface area contributed by atoms with Crippen molar-refractivity contribution in [3.63, 3.8) is 0 Å². The quantitative estimate of drug-likeness (QED) is 0.478. The van der Waals surface area contributed by atoms with Crippen LogP contribution in [0.2, 0.25) is 0 Å². The van der Waals surface area contributed by atoms with E-state index in [0.717, 1.165) is 18.9 Å². The van der Waals surface area contributed by atoms with Gasteiger partial charge >= 0.3 is 0 Å². The lowest BCUT2D eigenvalue weighted by atomic mass is 9.91. The third-order valence-electron chi connectivity index (χ3n) is 7.68. The topological polar surface area (TPSA) is 94.9 Å². The van der Waals surface area contributed by atoms with Gasteiger partial charge in [0, 0.05) is 31.7 Å². The van der Waals surface area contributed by atoms with Gasteiger partial charge in [-0.3, -0.25) is 9.36 Å². The molecule has 3 aliphatic rings.